The normalized spacial score (nSPS) is 10.3. The van der Waals surface area contributed by atoms with E-state index in [1.54, 1.807) is 12.1 Å². The Kier molecular flexibility index (Phi) is 6.52. The number of ether oxygens (including phenoxy) is 2. The largest absolute Gasteiger partial charge is 0.504 e. The molecule has 0 atom stereocenters. The average molecular weight is 377 g/mol. The zero-order valence-electron chi connectivity index (χ0n) is 15.7. The van der Waals surface area contributed by atoms with Gasteiger partial charge in [0.1, 0.15) is 12.4 Å². The highest BCUT2D eigenvalue weighted by Gasteiger charge is 2.07. The second-order valence-corrected chi connectivity index (χ2v) is 6.35. The summed E-state index contributed by atoms with van der Waals surface area (Å²) in [4.78, 5) is 12.2. The van der Waals surface area contributed by atoms with Crippen molar-refractivity contribution in [2.45, 2.75) is 19.4 Å². The van der Waals surface area contributed by atoms with Crippen molar-refractivity contribution < 1.29 is 19.4 Å². The van der Waals surface area contributed by atoms with Crippen molar-refractivity contribution in [2.75, 3.05) is 12.4 Å². The quantitative estimate of drug-likeness (QED) is 0.604. The summed E-state index contributed by atoms with van der Waals surface area (Å²) < 4.78 is 10.8. The molecule has 28 heavy (non-hydrogen) atoms. The average Bonchev–Trinajstić information content (AvgIpc) is 2.72. The number of carbonyl (C=O) groups is 1. The summed E-state index contributed by atoms with van der Waals surface area (Å²) >= 11 is 0. The van der Waals surface area contributed by atoms with Gasteiger partial charge in [-0.15, -0.1) is 0 Å². The molecular weight excluding hydrogens is 354 g/mol. The van der Waals surface area contributed by atoms with Gasteiger partial charge in [-0.25, -0.2) is 0 Å². The third kappa shape index (κ3) is 5.51. The predicted molar refractivity (Wildman–Crippen MR) is 109 cm³/mol. The Hall–Kier alpha value is -3.47. The van der Waals surface area contributed by atoms with Crippen LogP contribution in [0.4, 0.5) is 5.69 Å². The lowest BCUT2D eigenvalue weighted by atomic mass is 10.1. The molecule has 0 aliphatic rings. The number of methoxy groups -OCH3 is 1. The molecule has 0 bridgehead atoms. The van der Waals surface area contributed by atoms with Gasteiger partial charge < -0.3 is 19.9 Å². The van der Waals surface area contributed by atoms with Crippen LogP contribution in [0.15, 0.2) is 72.8 Å². The van der Waals surface area contributed by atoms with Crippen LogP contribution >= 0.6 is 0 Å². The minimum Gasteiger partial charge on any atom is -0.504 e. The van der Waals surface area contributed by atoms with Crippen molar-refractivity contribution >= 4 is 11.6 Å². The van der Waals surface area contributed by atoms with E-state index in [1.807, 2.05) is 60.7 Å². The smallest absolute Gasteiger partial charge is 0.224 e. The molecule has 5 heteroatoms. The van der Waals surface area contributed by atoms with Crippen molar-refractivity contribution in [3.63, 3.8) is 0 Å². The van der Waals surface area contributed by atoms with Gasteiger partial charge in [0.05, 0.1) is 7.11 Å². The molecule has 0 unspecified atom stereocenters. The molecule has 0 saturated heterocycles. The molecule has 0 aliphatic carbocycles. The maximum atomic E-state index is 12.2. The molecule has 3 aromatic carbocycles. The van der Waals surface area contributed by atoms with E-state index in [1.165, 1.54) is 7.11 Å². The van der Waals surface area contributed by atoms with Crippen LogP contribution in [0.3, 0.4) is 0 Å². The fourth-order valence-corrected chi connectivity index (χ4v) is 2.75. The van der Waals surface area contributed by atoms with Crippen molar-refractivity contribution in [3.05, 3.63) is 83.9 Å². The number of anilines is 1. The molecule has 3 rings (SSSR count). The Bertz CT molecular complexity index is 908. The molecule has 0 saturated carbocycles. The van der Waals surface area contributed by atoms with Crippen molar-refractivity contribution in [1.29, 1.82) is 0 Å². The summed E-state index contributed by atoms with van der Waals surface area (Å²) in [5.41, 5.74) is 2.69. The van der Waals surface area contributed by atoms with Crippen molar-refractivity contribution in [3.8, 4) is 17.2 Å². The summed E-state index contributed by atoms with van der Waals surface area (Å²) in [6.45, 7) is 0.501. The van der Waals surface area contributed by atoms with E-state index in [4.69, 9.17) is 9.47 Å². The van der Waals surface area contributed by atoms with E-state index in [0.29, 0.717) is 25.2 Å². The Morgan fingerprint density at radius 2 is 1.71 bits per heavy atom. The number of aromatic hydroxyl groups is 1. The Morgan fingerprint density at radius 1 is 0.964 bits per heavy atom. The van der Waals surface area contributed by atoms with Gasteiger partial charge in [0, 0.05) is 12.1 Å². The summed E-state index contributed by atoms with van der Waals surface area (Å²) in [5.74, 6) is 1.15. The van der Waals surface area contributed by atoms with Crippen LogP contribution in [0.5, 0.6) is 17.2 Å². The molecule has 0 spiro atoms. The SMILES string of the molecule is COc1ccc(CCC(=O)Nc2ccc(OCc3ccccc3)cc2)cc1O. The van der Waals surface area contributed by atoms with Crippen molar-refractivity contribution in [1.82, 2.24) is 0 Å². The van der Waals surface area contributed by atoms with Crippen LogP contribution in [-0.4, -0.2) is 18.1 Å². The Morgan fingerprint density at radius 3 is 2.39 bits per heavy atom. The van der Waals surface area contributed by atoms with E-state index in [-0.39, 0.29) is 11.7 Å². The molecule has 0 aromatic heterocycles. The summed E-state index contributed by atoms with van der Waals surface area (Å²) in [6.07, 6.45) is 0.847. The van der Waals surface area contributed by atoms with Gasteiger partial charge in [0.25, 0.3) is 0 Å². The number of aryl methyl sites for hydroxylation is 1. The molecule has 2 N–H and O–H groups in total. The minimum atomic E-state index is -0.0896. The van der Waals surface area contributed by atoms with Gasteiger partial charge in [-0.2, -0.15) is 0 Å². The molecule has 0 aliphatic heterocycles. The van der Waals surface area contributed by atoms with Crippen LogP contribution in [0.1, 0.15) is 17.5 Å². The standard InChI is InChI=1S/C23H23NO4/c1-27-22-13-7-17(15-21(22)25)8-14-23(26)24-19-9-11-20(12-10-19)28-16-18-5-3-2-4-6-18/h2-7,9-13,15,25H,8,14,16H2,1H3,(H,24,26). The number of phenols is 1. The highest BCUT2D eigenvalue weighted by molar-refractivity contribution is 5.90. The van der Waals surface area contributed by atoms with Gasteiger partial charge in [-0.1, -0.05) is 36.4 Å². The van der Waals surface area contributed by atoms with Crippen LogP contribution in [-0.2, 0) is 17.8 Å². The summed E-state index contributed by atoms with van der Waals surface area (Å²) in [6, 6.07) is 22.4. The molecule has 144 valence electrons. The number of phenolic OH excluding ortho intramolecular Hbond substituents is 1. The van der Waals surface area contributed by atoms with E-state index < -0.39 is 0 Å². The first-order valence-electron chi connectivity index (χ1n) is 9.06. The minimum absolute atomic E-state index is 0.0755. The second-order valence-electron chi connectivity index (χ2n) is 6.35. The van der Waals surface area contributed by atoms with Crippen LogP contribution in [0.25, 0.3) is 0 Å². The summed E-state index contributed by atoms with van der Waals surface area (Å²) in [5, 5.41) is 12.7. The number of nitrogens with one attached hydrogen (secondary N) is 1. The second kappa shape index (κ2) is 9.46. The van der Waals surface area contributed by atoms with Crippen LogP contribution in [0.2, 0.25) is 0 Å². The first-order valence-corrected chi connectivity index (χ1v) is 9.06. The molecule has 5 nitrogen and oxygen atoms in total. The van der Waals surface area contributed by atoms with E-state index >= 15 is 0 Å². The number of rotatable bonds is 8. The lowest BCUT2D eigenvalue weighted by Gasteiger charge is -2.09. The zero-order chi connectivity index (χ0) is 19.8. The third-order valence-corrected chi connectivity index (χ3v) is 4.27. The predicted octanol–water partition coefficient (Wildman–Crippen LogP) is 4.55. The lowest BCUT2D eigenvalue weighted by molar-refractivity contribution is -0.116. The molecule has 3 aromatic rings. The van der Waals surface area contributed by atoms with Gasteiger partial charge in [-0.3, -0.25) is 4.79 Å². The van der Waals surface area contributed by atoms with Gasteiger partial charge in [0.2, 0.25) is 5.91 Å². The van der Waals surface area contributed by atoms with Crippen LogP contribution in [0, 0.1) is 0 Å². The maximum Gasteiger partial charge on any atom is 0.224 e. The number of benzene rings is 3. The maximum absolute atomic E-state index is 12.2. The van der Waals surface area contributed by atoms with Gasteiger partial charge >= 0.3 is 0 Å². The molecule has 0 fully saturated rings. The first-order chi connectivity index (χ1) is 13.6. The van der Waals surface area contributed by atoms with Gasteiger partial charge in [-0.05, 0) is 53.9 Å². The highest BCUT2D eigenvalue weighted by atomic mass is 16.5. The fraction of sp³-hybridized carbons (Fsp3) is 0.174. The number of amides is 1. The zero-order valence-corrected chi connectivity index (χ0v) is 15.7. The van der Waals surface area contributed by atoms with E-state index in [2.05, 4.69) is 5.32 Å². The Labute approximate surface area is 164 Å². The molecule has 0 heterocycles. The highest BCUT2D eigenvalue weighted by Crippen LogP contribution is 2.26. The number of carbonyl (C=O) groups excluding carboxylic acids is 1. The Balaban J connectivity index is 1.47. The lowest BCUT2D eigenvalue weighted by Crippen LogP contribution is -2.12. The molecule has 1 amide bonds. The number of hydrogen-bond acceptors (Lipinski definition) is 4. The van der Waals surface area contributed by atoms with Gasteiger partial charge in [0.15, 0.2) is 11.5 Å². The topological polar surface area (TPSA) is 67.8 Å². The van der Waals surface area contributed by atoms with E-state index in [0.717, 1.165) is 22.6 Å². The van der Waals surface area contributed by atoms with Crippen molar-refractivity contribution in [2.24, 2.45) is 0 Å². The third-order valence-electron chi connectivity index (χ3n) is 4.27. The monoisotopic (exact) mass is 377 g/mol. The molecule has 0 radical (unpaired) electrons. The number of hydrogen-bond donors (Lipinski definition) is 2. The first kappa shape index (κ1) is 19.3. The van der Waals surface area contributed by atoms with E-state index in [9.17, 15) is 9.90 Å². The van der Waals surface area contributed by atoms with Crippen LogP contribution < -0.4 is 14.8 Å². The fourth-order valence-electron chi connectivity index (χ4n) is 2.75. The summed E-state index contributed by atoms with van der Waals surface area (Å²) in [7, 11) is 1.50. The molecular formula is C23H23NO4.